The second-order valence-electron chi connectivity index (χ2n) is 7.56. The van der Waals surface area contributed by atoms with Crippen LogP contribution in [0.25, 0.3) is 0 Å². The molecular weight excluding hydrogens is 386 g/mol. The van der Waals surface area contributed by atoms with Gasteiger partial charge in [-0.2, -0.15) is 0 Å². The lowest BCUT2D eigenvalue weighted by molar-refractivity contribution is -0.333. The first-order valence-corrected chi connectivity index (χ1v) is 10.2. The van der Waals surface area contributed by atoms with Gasteiger partial charge in [0.25, 0.3) is 0 Å². The molecule has 4 rings (SSSR count). The molecule has 1 amide bonds. The molecule has 2 fully saturated rings. The standard InChI is InChI=1S/C23H27NO6/c1-3-15-8-7-11-17(12-15)28-23-19(24-14(2)25)20(26)21-18(29-23)13-27-22(30-21)16-9-5-4-6-10-16/h4-12,18-23,26H,3,13H2,1-2H3,(H,24,25)/t18-,19+,20-,21-,22-,23-/m0/s1. The first kappa shape index (κ1) is 20.8. The van der Waals surface area contributed by atoms with Crippen molar-refractivity contribution in [2.45, 2.75) is 57.2 Å². The van der Waals surface area contributed by atoms with Crippen LogP contribution >= 0.6 is 0 Å². The first-order chi connectivity index (χ1) is 14.5. The van der Waals surface area contributed by atoms with Crippen molar-refractivity contribution in [3.63, 3.8) is 0 Å². The minimum atomic E-state index is -1.03. The fraction of sp³-hybridized carbons (Fsp3) is 0.435. The van der Waals surface area contributed by atoms with Crippen molar-refractivity contribution in [2.75, 3.05) is 6.61 Å². The highest BCUT2D eigenvalue weighted by atomic mass is 16.7. The van der Waals surface area contributed by atoms with Crippen LogP contribution in [-0.4, -0.2) is 48.3 Å². The van der Waals surface area contributed by atoms with Gasteiger partial charge in [-0.25, -0.2) is 0 Å². The van der Waals surface area contributed by atoms with Crippen LogP contribution in [-0.2, 0) is 25.4 Å². The summed E-state index contributed by atoms with van der Waals surface area (Å²) in [6.07, 6.45) is -2.83. The largest absolute Gasteiger partial charge is 0.463 e. The van der Waals surface area contributed by atoms with Gasteiger partial charge in [0.1, 0.15) is 30.1 Å². The summed E-state index contributed by atoms with van der Waals surface area (Å²) >= 11 is 0. The summed E-state index contributed by atoms with van der Waals surface area (Å²) in [5.74, 6) is 0.323. The number of fused-ring (bicyclic) bond motifs is 1. The number of nitrogens with one attached hydrogen (secondary N) is 1. The third kappa shape index (κ3) is 4.49. The normalized spacial score (nSPS) is 30.9. The molecule has 0 spiro atoms. The molecule has 7 heteroatoms. The van der Waals surface area contributed by atoms with Crippen molar-refractivity contribution in [3.05, 3.63) is 65.7 Å². The van der Waals surface area contributed by atoms with Crippen molar-refractivity contribution >= 4 is 5.91 Å². The molecule has 30 heavy (non-hydrogen) atoms. The predicted molar refractivity (Wildman–Crippen MR) is 109 cm³/mol. The fourth-order valence-electron chi connectivity index (χ4n) is 3.83. The average molecular weight is 413 g/mol. The minimum absolute atomic E-state index is 0.239. The van der Waals surface area contributed by atoms with E-state index in [1.165, 1.54) is 6.92 Å². The number of benzene rings is 2. The Morgan fingerprint density at radius 1 is 1.17 bits per heavy atom. The number of aliphatic hydroxyl groups excluding tert-OH is 1. The van der Waals surface area contributed by atoms with Crippen LogP contribution < -0.4 is 10.1 Å². The molecule has 2 heterocycles. The number of aryl methyl sites for hydroxylation is 1. The quantitative estimate of drug-likeness (QED) is 0.783. The molecule has 0 saturated carbocycles. The topological polar surface area (TPSA) is 86.2 Å². The number of carbonyl (C=O) groups is 1. The Kier molecular flexibility index (Phi) is 6.34. The summed E-state index contributed by atoms with van der Waals surface area (Å²) in [4.78, 5) is 11.8. The van der Waals surface area contributed by atoms with Crippen LogP contribution in [0.1, 0.15) is 31.3 Å². The summed E-state index contributed by atoms with van der Waals surface area (Å²) in [7, 11) is 0. The lowest BCUT2D eigenvalue weighted by Crippen LogP contribution is -2.67. The van der Waals surface area contributed by atoms with Crippen LogP contribution in [0.3, 0.4) is 0 Å². The van der Waals surface area contributed by atoms with Crippen LogP contribution in [0.15, 0.2) is 54.6 Å². The van der Waals surface area contributed by atoms with Gasteiger partial charge >= 0.3 is 0 Å². The molecule has 0 radical (unpaired) electrons. The number of rotatable bonds is 5. The lowest BCUT2D eigenvalue weighted by Gasteiger charge is -2.47. The highest BCUT2D eigenvalue weighted by Gasteiger charge is 2.50. The van der Waals surface area contributed by atoms with Gasteiger partial charge in [0.15, 0.2) is 6.29 Å². The fourth-order valence-corrected chi connectivity index (χ4v) is 3.83. The Bertz CT molecular complexity index is 860. The Morgan fingerprint density at radius 3 is 2.70 bits per heavy atom. The highest BCUT2D eigenvalue weighted by Crippen LogP contribution is 2.34. The Hall–Kier alpha value is -2.45. The van der Waals surface area contributed by atoms with E-state index in [1.54, 1.807) is 0 Å². The zero-order chi connectivity index (χ0) is 21.1. The van der Waals surface area contributed by atoms with Gasteiger partial charge in [-0.15, -0.1) is 0 Å². The summed E-state index contributed by atoms with van der Waals surface area (Å²) in [6, 6.07) is 16.4. The molecule has 2 aromatic carbocycles. The van der Waals surface area contributed by atoms with Crippen LogP contribution in [0.4, 0.5) is 0 Å². The summed E-state index contributed by atoms with van der Waals surface area (Å²) < 4.78 is 24.0. The van der Waals surface area contributed by atoms with Crippen molar-refractivity contribution in [3.8, 4) is 5.75 Å². The first-order valence-electron chi connectivity index (χ1n) is 10.2. The number of amides is 1. The zero-order valence-corrected chi connectivity index (χ0v) is 17.1. The second kappa shape index (κ2) is 9.14. The molecule has 2 aliphatic rings. The summed E-state index contributed by atoms with van der Waals surface area (Å²) in [5.41, 5.74) is 1.97. The third-order valence-electron chi connectivity index (χ3n) is 5.37. The third-order valence-corrected chi connectivity index (χ3v) is 5.37. The average Bonchev–Trinajstić information content (AvgIpc) is 2.77. The predicted octanol–water partition coefficient (Wildman–Crippen LogP) is 2.33. The molecular formula is C23H27NO6. The van der Waals surface area contributed by atoms with Gasteiger partial charge < -0.3 is 29.4 Å². The SMILES string of the molecule is CCc1cccc(O[C@H]2O[C@H]3CO[C@H](c4ccccc4)O[C@@H]3[C@@H](O)[C@H]2NC(C)=O)c1. The van der Waals surface area contributed by atoms with Gasteiger partial charge in [-0.05, 0) is 24.1 Å². The van der Waals surface area contributed by atoms with Crippen LogP contribution in [0.2, 0.25) is 0 Å². The Balaban J connectivity index is 1.53. The molecule has 2 aromatic rings. The molecule has 0 aromatic heterocycles. The number of hydrogen-bond donors (Lipinski definition) is 2. The van der Waals surface area contributed by atoms with Gasteiger partial charge in [0, 0.05) is 12.5 Å². The van der Waals surface area contributed by atoms with Crippen molar-refractivity contribution in [1.29, 1.82) is 0 Å². The number of hydrogen-bond acceptors (Lipinski definition) is 6. The van der Waals surface area contributed by atoms with Gasteiger partial charge in [-0.3, -0.25) is 4.79 Å². The maximum Gasteiger partial charge on any atom is 0.223 e. The van der Waals surface area contributed by atoms with Gasteiger partial charge in [0.2, 0.25) is 12.2 Å². The van der Waals surface area contributed by atoms with Gasteiger partial charge in [0.05, 0.1) is 6.61 Å². The van der Waals surface area contributed by atoms with E-state index in [4.69, 9.17) is 18.9 Å². The number of ether oxygens (including phenoxy) is 4. The number of carbonyl (C=O) groups excluding carboxylic acids is 1. The van der Waals surface area contributed by atoms with E-state index in [-0.39, 0.29) is 12.5 Å². The van der Waals surface area contributed by atoms with Crippen molar-refractivity contribution in [2.24, 2.45) is 0 Å². The molecule has 0 aliphatic carbocycles. The van der Waals surface area contributed by atoms with E-state index in [1.807, 2.05) is 54.6 Å². The van der Waals surface area contributed by atoms with E-state index in [9.17, 15) is 9.90 Å². The highest BCUT2D eigenvalue weighted by molar-refractivity contribution is 5.73. The molecule has 2 saturated heterocycles. The van der Waals surface area contributed by atoms with Crippen LogP contribution in [0, 0.1) is 0 Å². The lowest BCUT2D eigenvalue weighted by atomic mass is 9.95. The molecule has 2 aliphatic heterocycles. The Morgan fingerprint density at radius 2 is 1.97 bits per heavy atom. The molecule has 160 valence electrons. The molecule has 0 unspecified atom stereocenters. The maximum absolute atomic E-state index is 11.8. The molecule has 6 atom stereocenters. The monoisotopic (exact) mass is 413 g/mol. The van der Waals surface area contributed by atoms with Crippen LogP contribution in [0.5, 0.6) is 5.75 Å². The van der Waals surface area contributed by atoms with Crippen molar-refractivity contribution in [1.82, 2.24) is 5.32 Å². The van der Waals surface area contributed by atoms with E-state index >= 15 is 0 Å². The van der Waals surface area contributed by atoms with E-state index < -0.39 is 36.9 Å². The summed E-state index contributed by atoms with van der Waals surface area (Å²) in [5, 5.41) is 13.8. The Labute approximate surface area is 175 Å². The smallest absolute Gasteiger partial charge is 0.223 e. The van der Waals surface area contributed by atoms with Gasteiger partial charge in [-0.1, -0.05) is 49.4 Å². The number of aliphatic hydroxyl groups is 1. The zero-order valence-electron chi connectivity index (χ0n) is 17.1. The minimum Gasteiger partial charge on any atom is -0.463 e. The van der Waals surface area contributed by atoms with E-state index in [0.717, 1.165) is 17.5 Å². The van der Waals surface area contributed by atoms with E-state index in [0.29, 0.717) is 5.75 Å². The summed E-state index contributed by atoms with van der Waals surface area (Å²) in [6.45, 7) is 3.69. The molecule has 2 N–H and O–H groups in total. The molecule has 7 nitrogen and oxygen atoms in total. The maximum atomic E-state index is 11.8. The molecule has 0 bridgehead atoms. The van der Waals surface area contributed by atoms with Crippen molar-refractivity contribution < 1.29 is 28.8 Å². The second-order valence-corrected chi connectivity index (χ2v) is 7.56. The van der Waals surface area contributed by atoms with E-state index in [2.05, 4.69) is 12.2 Å².